The summed E-state index contributed by atoms with van der Waals surface area (Å²) in [7, 11) is -4.48. The van der Waals surface area contributed by atoms with Gasteiger partial charge >= 0.3 is 7.60 Å². The number of imidazole rings is 1. The van der Waals surface area contributed by atoms with Crippen molar-refractivity contribution in [1.82, 2.24) is 19.9 Å². The fourth-order valence-corrected chi connectivity index (χ4v) is 2.29. The molecule has 0 aromatic carbocycles. The van der Waals surface area contributed by atoms with E-state index in [0.29, 0.717) is 11.2 Å². The molecule has 0 saturated heterocycles. The maximum Gasteiger partial charge on any atom is 0.391 e. The molecule has 0 aliphatic rings. The molecule has 0 spiro atoms. The average Bonchev–Trinajstić information content (AvgIpc) is 2.94. The van der Waals surface area contributed by atoms with Gasteiger partial charge in [-0.1, -0.05) is 0 Å². The van der Waals surface area contributed by atoms with Gasteiger partial charge in [0.2, 0.25) is 5.50 Å². The molecular weight excluding hydrogens is 259 g/mol. The number of rotatable bonds is 2. The van der Waals surface area contributed by atoms with Gasteiger partial charge in [0.25, 0.3) is 0 Å². The van der Waals surface area contributed by atoms with Crippen LogP contribution < -0.4 is 5.50 Å². The van der Waals surface area contributed by atoms with Gasteiger partial charge in [-0.15, -0.1) is 0 Å². The van der Waals surface area contributed by atoms with E-state index in [1.807, 2.05) is 0 Å². The van der Waals surface area contributed by atoms with Crippen LogP contribution in [0.1, 0.15) is 0 Å². The molecule has 0 saturated carbocycles. The van der Waals surface area contributed by atoms with Crippen molar-refractivity contribution in [2.24, 2.45) is 0 Å². The number of H-pyrrole nitrogens is 1. The Labute approximate surface area is 99.9 Å². The number of aromatic nitrogens is 4. The molecule has 0 aliphatic heterocycles. The third kappa shape index (κ3) is 1.72. The fourth-order valence-electron chi connectivity index (χ4n) is 1.60. The summed E-state index contributed by atoms with van der Waals surface area (Å²) in [6.45, 7) is 0. The van der Waals surface area contributed by atoms with Crippen molar-refractivity contribution in [2.75, 3.05) is 0 Å². The van der Waals surface area contributed by atoms with Gasteiger partial charge in [-0.2, -0.15) is 0 Å². The number of nitrogens with zero attached hydrogens (tertiary/aromatic N) is 3. The molecule has 3 rings (SSSR count). The quantitative estimate of drug-likeness (QED) is 0.574. The summed E-state index contributed by atoms with van der Waals surface area (Å²) < 4.78 is 16.1. The molecule has 0 unspecified atom stereocenters. The van der Waals surface area contributed by atoms with Crippen LogP contribution in [0.4, 0.5) is 0 Å². The monoisotopic (exact) mass is 266 g/mol. The van der Waals surface area contributed by atoms with Gasteiger partial charge < -0.3 is 19.2 Å². The highest BCUT2D eigenvalue weighted by Gasteiger charge is 2.27. The highest BCUT2D eigenvalue weighted by atomic mass is 31.2. The van der Waals surface area contributed by atoms with Crippen LogP contribution in [0, 0.1) is 0 Å². The number of hydrogen-bond acceptors (Lipinski definition) is 5. The fraction of sp³-hybridized carbons (Fsp3) is 0. The third-order valence-electron chi connectivity index (χ3n) is 2.33. The normalized spacial score (nSPS) is 12.1. The minimum absolute atomic E-state index is 0.210. The predicted octanol–water partition coefficient (Wildman–Crippen LogP) is 0.416. The topological polar surface area (TPSA) is 125 Å². The van der Waals surface area contributed by atoms with Gasteiger partial charge in [0, 0.05) is 0 Å². The van der Waals surface area contributed by atoms with E-state index in [4.69, 9.17) is 14.2 Å². The van der Waals surface area contributed by atoms with E-state index < -0.39 is 13.1 Å². The summed E-state index contributed by atoms with van der Waals surface area (Å²) in [6, 6.07) is 1.43. The highest BCUT2D eigenvalue weighted by Crippen LogP contribution is 2.37. The van der Waals surface area contributed by atoms with Crippen LogP contribution in [0.5, 0.6) is 0 Å². The van der Waals surface area contributed by atoms with Crippen LogP contribution in [0.15, 0.2) is 29.3 Å². The summed E-state index contributed by atoms with van der Waals surface area (Å²) in [5.74, 6) is 0.276. The zero-order chi connectivity index (χ0) is 12.8. The second-order valence-corrected chi connectivity index (χ2v) is 5.02. The summed E-state index contributed by atoms with van der Waals surface area (Å²) >= 11 is 0. The Balaban J connectivity index is 2.21. The van der Waals surface area contributed by atoms with E-state index >= 15 is 0 Å². The van der Waals surface area contributed by atoms with Gasteiger partial charge in [-0.3, -0.25) is 4.57 Å². The van der Waals surface area contributed by atoms with Gasteiger partial charge in [-0.05, 0) is 6.07 Å². The van der Waals surface area contributed by atoms with Crippen LogP contribution in [-0.2, 0) is 4.57 Å². The lowest BCUT2D eigenvalue weighted by atomic mass is 10.3. The first-order chi connectivity index (χ1) is 8.55. The van der Waals surface area contributed by atoms with E-state index in [1.54, 1.807) is 0 Å². The number of furan rings is 1. The molecule has 0 bridgehead atoms. The first-order valence-corrected chi connectivity index (χ1v) is 6.46. The van der Waals surface area contributed by atoms with Gasteiger partial charge in [0.1, 0.15) is 17.7 Å². The first kappa shape index (κ1) is 11.1. The van der Waals surface area contributed by atoms with E-state index in [-0.39, 0.29) is 11.4 Å². The predicted molar refractivity (Wildman–Crippen MR) is 61.1 cm³/mol. The Bertz CT molecular complexity index is 726. The number of fused-ring (bicyclic) bond motifs is 1. The second kappa shape index (κ2) is 3.74. The zero-order valence-corrected chi connectivity index (χ0v) is 9.70. The molecule has 9 heteroatoms. The number of hydrogen-bond donors (Lipinski definition) is 3. The zero-order valence-electron chi connectivity index (χ0n) is 8.81. The lowest BCUT2D eigenvalue weighted by Gasteiger charge is -2.01. The van der Waals surface area contributed by atoms with Crippen LogP contribution in [0.2, 0.25) is 0 Å². The smallest absolute Gasteiger partial charge is 0.391 e. The van der Waals surface area contributed by atoms with E-state index in [1.165, 1.54) is 24.9 Å². The van der Waals surface area contributed by atoms with Gasteiger partial charge in [0.15, 0.2) is 5.65 Å². The Kier molecular flexibility index (Phi) is 2.30. The molecule has 0 aliphatic carbocycles. The van der Waals surface area contributed by atoms with E-state index in [9.17, 15) is 4.57 Å². The van der Waals surface area contributed by atoms with Crippen LogP contribution in [-0.4, -0.2) is 29.7 Å². The molecule has 3 heterocycles. The molecule has 3 N–H and O–H groups in total. The molecule has 0 radical (unpaired) electrons. The van der Waals surface area contributed by atoms with Gasteiger partial charge in [0.05, 0.1) is 18.0 Å². The lowest BCUT2D eigenvalue weighted by Crippen LogP contribution is -2.04. The Morgan fingerprint density at radius 1 is 1.39 bits per heavy atom. The molecule has 92 valence electrons. The molecular formula is C9H7N4O4P. The van der Waals surface area contributed by atoms with E-state index in [0.717, 1.165) is 0 Å². The van der Waals surface area contributed by atoms with Crippen LogP contribution in [0.3, 0.4) is 0 Å². The number of aromatic amines is 1. The molecule has 3 aromatic heterocycles. The second-order valence-electron chi connectivity index (χ2n) is 3.53. The third-order valence-corrected chi connectivity index (χ3v) is 3.20. The minimum atomic E-state index is -4.48. The molecule has 0 fully saturated rings. The van der Waals surface area contributed by atoms with Crippen molar-refractivity contribution in [2.45, 2.75) is 0 Å². The van der Waals surface area contributed by atoms with Gasteiger partial charge in [-0.25, -0.2) is 15.0 Å². The van der Waals surface area contributed by atoms with Crippen molar-refractivity contribution in [3.05, 3.63) is 24.9 Å². The largest absolute Gasteiger partial charge is 0.456 e. The van der Waals surface area contributed by atoms with Crippen molar-refractivity contribution in [3.63, 3.8) is 0 Å². The maximum absolute atomic E-state index is 11.2. The molecule has 3 aromatic rings. The maximum atomic E-state index is 11.2. The Morgan fingerprint density at radius 2 is 2.22 bits per heavy atom. The Morgan fingerprint density at radius 3 is 2.94 bits per heavy atom. The summed E-state index contributed by atoms with van der Waals surface area (Å²) in [5, 5.41) is 0. The van der Waals surface area contributed by atoms with Crippen molar-refractivity contribution in [1.29, 1.82) is 0 Å². The lowest BCUT2D eigenvalue weighted by molar-refractivity contribution is 0.377. The van der Waals surface area contributed by atoms with E-state index in [2.05, 4.69) is 19.9 Å². The van der Waals surface area contributed by atoms with Crippen LogP contribution >= 0.6 is 7.60 Å². The summed E-state index contributed by atoms with van der Waals surface area (Å²) in [6.07, 6.45) is 4.06. The van der Waals surface area contributed by atoms with Crippen LogP contribution in [0.25, 0.3) is 22.6 Å². The van der Waals surface area contributed by atoms with Crippen molar-refractivity contribution >= 4 is 24.3 Å². The first-order valence-electron chi connectivity index (χ1n) is 4.85. The average molecular weight is 266 g/mol. The van der Waals surface area contributed by atoms with Crippen molar-refractivity contribution in [3.8, 4) is 11.4 Å². The standard InChI is InChI=1S/C9H7N4O4P/c14-18(15,16)9-5(1-2-17-9)7-12-6-3-10-4-11-8(6)13-7/h1-4H,(H2,14,15,16)(H,10,11,12,13). The SMILES string of the molecule is O=P(O)(O)c1occc1-c1nc2ncncc2[nH]1. The molecule has 8 nitrogen and oxygen atoms in total. The Hall–Kier alpha value is -2.02. The molecule has 18 heavy (non-hydrogen) atoms. The molecule has 0 atom stereocenters. The summed E-state index contributed by atoms with van der Waals surface area (Å²) in [5.41, 5.74) is 0.777. The highest BCUT2D eigenvalue weighted by molar-refractivity contribution is 7.60. The van der Waals surface area contributed by atoms with Crippen molar-refractivity contribution < 1.29 is 18.8 Å². The summed E-state index contributed by atoms with van der Waals surface area (Å²) in [4.78, 5) is 33.0. The minimum Gasteiger partial charge on any atom is -0.456 e. The number of nitrogens with one attached hydrogen (secondary N) is 1. The molecule has 0 amide bonds.